The minimum atomic E-state index is -2.64. The van der Waals surface area contributed by atoms with Crippen LogP contribution in [0.2, 0.25) is 0 Å². The van der Waals surface area contributed by atoms with E-state index >= 15 is 0 Å². The Bertz CT molecular complexity index is 1350. The van der Waals surface area contributed by atoms with Crippen molar-refractivity contribution in [3.8, 4) is 0 Å². The predicted octanol–water partition coefficient (Wildman–Crippen LogP) is 3.23. The molecule has 0 N–H and O–H groups in total. The summed E-state index contributed by atoms with van der Waals surface area (Å²) in [5, 5.41) is 4.70. The van der Waals surface area contributed by atoms with E-state index in [9.17, 15) is 13.6 Å². The van der Waals surface area contributed by atoms with Gasteiger partial charge in [-0.15, -0.1) is 0 Å². The van der Waals surface area contributed by atoms with Gasteiger partial charge in [0.1, 0.15) is 17.1 Å². The fourth-order valence-corrected chi connectivity index (χ4v) is 7.23. The highest BCUT2D eigenvalue weighted by molar-refractivity contribution is 5.87. The van der Waals surface area contributed by atoms with E-state index in [2.05, 4.69) is 37.9 Å². The first-order valence-electron chi connectivity index (χ1n) is 14.9. The Labute approximate surface area is 239 Å². The number of halogens is 2. The van der Waals surface area contributed by atoms with Crippen LogP contribution >= 0.6 is 0 Å². The van der Waals surface area contributed by atoms with Gasteiger partial charge in [-0.25, -0.2) is 13.8 Å². The maximum atomic E-state index is 14.4. The number of aromatic nitrogens is 3. The van der Waals surface area contributed by atoms with Crippen LogP contribution in [0.1, 0.15) is 55.1 Å². The molecule has 4 fully saturated rings. The van der Waals surface area contributed by atoms with E-state index < -0.39 is 12.0 Å². The van der Waals surface area contributed by atoms with Crippen molar-refractivity contribution in [1.82, 2.24) is 24.6 Å². The lowest BCUT2D eigenvalue weighted by atomic mass is 9.85. The standard InChI is InChI=1S/C30H39F2N7O2/c1-4-6-22-23(37-15-21(16-37)35-9-11-36(12-10-35)25(40)5-2)13-24(34-26(22)28(31)32)38-17-30(18-38)27-20(3)14-33-39(27)29(7-8-29)19-41-30/h5,13-14,21,28H,2,4,6-12,15-19H2,1,3H3. The smallest absolute Gasteiger partial charge is 0.280 e. The molecule has 41 heavy (non-hydrogen) atoms. The summed E-state index contributed by atoms with van der Waals surface area (Å²) in [6.45, 7) is 14.1. The molecule has 3 saturated heterocycles. The van der Waals surface area contributed by atoms with Gasteiger partial charge in [0.2, 0.25) is 5.91 Å². The molecule has 4 aliphatic heterocycles. The summed E-state index contributed by atoms with van der Waals surface area (Å²) in [5.41, 5.74) is 3.25. The van der Waals surface area contributed by atoms with Gasteiger partial charge in [-0.05, 0) is 37.8 Å². The molecule has 1 aliphatic carbocycles. The van der Waals surface area contributed by atoms with Gasteiger partial charge in [0.15, 0.2) is 0 Å². The Morgan fingerprint density at radius 3 is 2.56 bits per heavy atom. The number of hydrogen-bond acceptors (Lipinski definition) is 7. The fraction of sp³-hybridized carbons (Fsp3) is 0.633. The van der Waals surface area contributed by atoms with Crippen molar-refractivity contribution >= 4 is 17.4 Å². The van der Waals surface area contributed by atoms with Crippen LogP contribution in [0.15, 0.2) is 24.9 Å². The lowest BCUT2D eigenvalue weighted by molar-refractivity contribution is -0.128. The van der Waals surface area contributed by atoms with Gasteiger partial charge >= 0.3 is 0 Å². The predicted molar refractivity (Wildman–Crippen MR) is 152 cm³/mol. The van der Waals surface area contributed by atoms with Gasteiger partial charge in [0.25, 0.3) is 6.43 Å². The second-order valence-corrected chi connectivity index (χ2v) is 12.5. The molecule has 6 heterocycles. The van der Waals surface area contributed by atoms with Crippen molar-refractivity contribution in [3.63, 3.8) is 0 Å². The third kappa shape index (κ3) is 4.26. The average molecular weight is 568 g/mol. The summed E-state index contributed by atoms with van der Waals surface area (Å²) in [6, 6.07) is 2.37. The summed E-state index contributed by atoms with van der Waals surface area (Å²) in [6.07, 6.45) is 4.18. The number of anilines is 2. The highest BCUT2D eigenvalue weighted by Crippen LogP contribution is 2.53. The quantitative estimate of drug-likeness (QED) is 0.476. The van der Waals surface area contributed by atoms with E-state index in [4.69, 9.17) is 9.84 Å². The number of alkyl halides is 2. The highest BCUT2D eigenvalue weighted by atomic mass is 19.3. The zero-order chi connectivity index (χ0) is 28.5. The normalized spacial score (nSPS) is 23.1. The largest absolute Gasteiger partial charge is 0.368 e. The second-order valence-electron chi connectivity index (χ2n) is 12.5. The number of piperazine rings is 1. The topological polar surface area (TPSA) is 70.0 Å². The number of pyridine rings is 1. The van der Waals surface area contributed by atoms with E-state index in [0.717, 1.165) is 62.4 Å². The fourth-order valence-electron chi connectivity index (χ4n) is 7.23. The number of ether oxygens (including phenoxy) is 1. The van der Waals surface area contributed by atoms with Crippen LogP contribution in [0.3, 0.4) is 0 Å². The Morgan fingerprint density at radius 1 is 1.20 bits per heavy atom. The van der Waals surface area contributed by atoms with Gasteiger partial charge in [0.05, 0.1) is 37.1 Å². The number of fused-ring (bicyclic) bond motifs is 3. The van der Waals surface area contributed by atoms with Crippen molar-refractivity contribution in [2.75, 3.05) is 68.8 Å². The van der Waals surface area contributed by atoms with Gasteiger partial charge in [-0.3, -0.25) is 14.4 Å². The molecule has 220 valence electrons. The van der Waals surface area contributed by atoms with Crippen LogP contribution in [-0.4, -0.2) is 95.5 Å². The van der Waals surface area contributed by atoms with Gasteiger partial charge in [-0.1, -0.05) is 19.9 Å². The third-order valence-electron chi connectivity index (χ3n) is 9.84. The van der Waals surface area contributed by atoms with Crippen LogP contribution < -0.4 is 9.80 Å². The summed E-state index contributed by atoms with van der Waals surface area (Å²) in [5.74, 6) is 0.575. The molecule has 0 bridgehead atoms. The minimum Gasteiger partial charge on any atom is -0.368 e. The maximum Gasteiger partial charge on any atom is 0.280 e. The molecule has 9 nitrogen and oxygen atoms in total. The van der Waals surface area contributed by atoms with E-state index in [1.807, 2.05) is 24.1 Å². The monoisotopic (exact) mass is 567 g/mol. The number of rotatable bonds is 7. The first-order chi connectivity index (χ1) is 19.8. The van der Waals surface area contributed by atoms with Gasteiger partial charge < -0.3 is 19.4 Å². The lowest BCUT2D eigenvalue weighted by Gasteiger charge is -2.54. The number of carbonyl (C=O) groups excluding carboxylic acids is 1. The summed E-state index contributed by atoms with van der Waals surface area (Å²) in [4.78, 5) is 25.1. The molecular formula is C30H39F2N7O2. The van der Waals surface area contributed by atoms with Gasteiger partial charge in [0, 0.05) is 62.6 Å². The molecule has 2 spiro atoms. The van der Waals surface area contributed by atoms with Crippen LogP contribution in [0.4, 0.5) is 20.3 Å². The van der Waals surface area contributed by atoms with E-state index in [-0.39, 0.29) is 17.1 Å². The number of amides is 1. The first kappa shape index (κ1) is 26.8. The van der Waals surface area contributed by atoms with E-state index in [1.165, 1.54) is 6.08 Å². The van der Waals surface area contributed by atoms with Crippen molar-refractivity contribution in [3.05, 3.63) is 47.4 Å². The molecule has 0 atom stereocenters. The average Bonchev–Trinajstić information content (AvgIpc) is 3.59. The van der Waals surface area contributed by atoms with Crippen molar-refractivity contribution in [2.45, 2.75) is 63.1 Å². The van der Waals surface area contributed by atoms with Crippen LogP contribution in [0.25, 0.3) is 0 Å². The summed E-state index contributed by atoms with van der Waals surface area (Å²) in [7, 11) is 0. The third-order valence-corrected chi connectivity index (χ3v) is 9.84. The Balaban J connectivity index is 1.11. The van der Waals surface area contributed by atoms with Crippen LogP contribution in [0, 0.1) is 6.92 Å². The highest BCUT2D eigenvalue weighted by Gasteiger charge is 2.60. The van der Waals surface area contributed by atoms with Crippen LogP contribution in [0.5, 0.6) is 0 Å². The Morgan fingerprint density at radius 2 is 1.93 bits per heavy atom. The minimum absolute atomic E-state index is 0.00714. The SMILES string of the molecule is C=CC(=O)N1CCN(C2CN(c3cc(N4CC5(C4)OCC4(CC4)n4ncc(C)c45)nc(C(F)F)c3CCC)C2)CC1. The zero-order valence-electron chi connectivity index (χ0n) is 24.0. The Kier molecular flexibility index (Phi) is 6.39. The summed E-state index contributed by atoms with van der Waals surface area (Å²) >= 11 is 0. The lowest BCUT2D eigenvalue weighted by Crippen LogP contribution is -2.65. The maximum absolute atomic E-state index is 14.4. The molecule has 0 unspecified atom stereocenters. The molecule has 11 heteroatoms. The first-order valence-corrected chi connectivity index (χ1v) is 14.9. The molecule has 0 radical (unpaired) electrons. The molecule has 1 amide bonds. The molecule has 2 aromatic rings. The molecule has 1 saturated carbocycles. The summed E-state index contributed by atoms with van der Waals surface area (Å²) < 4.78 is 37.6. The molecule has 7 rings (SSSR count). The van der Waals surface area contributed by atoms with Crippen molar-refractivity contribution in [1.29, 1.82) is 0 Å². The van der Waals surface area contributed by atoms with Crippen LogP contribution in [-0.2, 0) is 27.1 Å². The van der Waals surface area contributed by atoms with Crippen molar-refractivity contribution < 1.29 is 18.3 Å². The zero-order valence-corrected chi connectivity index (χ0v) is 24.0. The van der Waals surface area contributed by atoms with Crippen molar-refractivity contribution in [2.24, 2.45) is 0 Å². The number of aryl methyl sites for hydroxylation is 1. The Hall–Kier alpha value is -3.05. The number of hydrogen-bond donors (Lipinski definition) is 0. The molecular weight excluding hydrogens is 528 g/mol. The van der Waals surface area contributed by atoms with E-state index in [0.29, 0.717) is 56.6 Å². The van der Waals surface area contributed by atoms with E-state index in [1.54, 1.807) is 0 Å². The van der Waals surface area contributed by atoms with Gasteiger partial charge in [-0.2, -0.15) is 5.10 Å². The molecule has 2 aromatic heterocycles. The molecule has 5 aliphatic rings. The second kappa shape index (κ2) is 9.76. The number of carbonyl (C=O) groups is 1. The molecule has 0 aromatic carbocycles. The number of nitrogens with zero attached hydrogens (tertiary/aromatic N) is 7.